The molecule has 0 fully saturated rings. The molecule has 1 aromatic rings. The molecule has 0 bridgehead atoms. The van der Waals surface area contributed by atoms with Crippen molar-refractivity contribution in [3.63, 3.8) is 0 Å². The third-order valence-corrected chi connectivity index (χ3v) is 3.37. The van der Waals surface area contributed by atoms with Crippen LogP contribution in [-0.2, 0) is 6.42 Å². The minimum Gasteiger partial charge on any atom is -0.289 e. The number of hydrogen-bond donors (Lipinski definition) is 0. The van der Waals surface area contributed by atoms with Crippen LogP contribution in [0.4, 0.5) is 0 Å². The van der Waals surface area contributed by atoms with Gasteiger partial charge in [-0.05, 0) is 54.7 Å². The van der Waals surface area contributed by atoms with Crippen molar-refractivity contribution in [1.82, 2.24) is 4.98 Å². The average molecular weight is 288 g/mol. The second-order valence-electron chi connectivity index (χ2n) is 7.25. The van der Waals surface area contributed by atoms with Crippen molar-refractivity contribution in [2.45, 2.75) is 60.8 Å². The first-order valence-corrected chi connectivity index (χ1v) is 8.37. The third kappa shape index (κ3) is 7.40. The number of nitrogens with zero attached hydrogens (tertiary/aromatic N) is 2. The summed E-state index contributed by atoms with van der Waals surface area (Å²) < 4.78 is 0. The molecular formula is C19H32N2. The van der Waals surface area contributed by atoms with Crippen LogP contribution in [0.25, 0.3) is 0 Å². The normalized spacial score (nSPS) is 12.7. The standard InChI is InChI=1S/C19H32N2/c1-14(2)7-8-19(21-13-16(5)6)17-9-10-20-18(12-17)11-15(3)4/h9-10,12,14-16H,7-8,11,13H2,1-6H3. The Morgan fingerprint density at radius 1 is 1.05 bits per heavy atom. The average Bonchev–Trinajstić information content (AvgIpc) is 2.37. The van der Waals surface area contributed by atoms with E-state index in [0.717, 1.165) is 19.4 Å². The molecule has 0 saturated carbocycles. The summed E-state index contributed by atoms with van der Waals surface area (Å²) in [5.41, 5.74) is 3.70. The maximum Gasteiger partial charge on any atom is 0.0421 e. The Labute approximate surface area is 131 Å². The molecule has 0 saturated heterocycles. The molecule has 1 heterocycles. The van der Waals surface area contributed by atoms with E-state index < -0.39 is 0 Å². The van der Waals surface area contributed by atoms with E-state index in [1.54, 1.807) is 0 Å². The molecule has 0 spiro atoms. The monoisotopic (exact) mass is 288 g/mol. The molecule has 2 nitrogen and oxygen atoms in total. The predicted molar refractivity (Wildman–Crippen MR) is 93.1 cm³/mol. The van der Waals surface area contributed by atoms with Gasteiger partial charge in [-0.2, -0.15) is 0 Å². The summed E-state index contributed by atoms with van der Waals surface area (Å²) >= 11 is 0. The largest absolute Gasteiger partial charge is 0.289 e. The molecule has 21 heavy (non-hydrogen) atoms. The van der Waals surface area contributed by atoms with E-state index >= 15 is 0 Å². The molecule has 2 heteroatoms. The fourth-order valence-corrected chi connectivity index (χ4v) is 2.22. The van der Waals surface area contributed by atoms with Crippen LogP contribution in [-0.4, -0.2) is 17.2 Å². The van der Waals surface area contributed by atoms with Gasteiger partial charge in [0, 0.05) is 24.1 Å². The van der Waals surface area contributed by atoms with Gasteiger partial charge in [0.2, 0.25) is 0 Å². The van der Waals surface area contributed by atoms with Crippen LogP contribution in [0.15, 0.2) is 23.3 Å². The maximum absolute atomic E-state index is 4.87. The highest BCUT2D eigenvalue weighted by Gasteiger charge is 2.08. The fourth-order valence-electron chi connectivity index (χ4n) is 2.22. The third-order valence-electron chi connectivity index (χ3n) is 3.37. The fraction of sp³-hybridized carbons (Fsp3) is 0.684. The van der Waals surface area contributed by atoms with Gasteiger partial charge in [-0.25, -0.2) is 0 Å². The lowest BCUT2D eigenvalue weighted by Gasteiger charge is -2.12. The summed E-state index contributed by atoms with van der Waals surface area (Å²) in [5, 5.41) is 0. The Hall–Kier alpha value is -1.18. The molecule has 0 aliphatic carbocycles. The first-order valence-electron chi connectivity index (χ1n) is 8.37. The van der Waals surface area contributed by atoms with Gasteiger partial charge in [0.05, 0.1) is 0 Å². The summed E-state index contributed by atoms with van der Waals surface area (Å²) in [6.07, 6.45) is 5.23. The smallest absolute Gasteiger partial charge is 0.0421 e. The Bertz CT molecular complexity index is 445. The Morgan fingerprint density at radius 2 is 1.76 bits per heavy atom. The Balaban J connectivity index is 2.93. The quantitative estimate of drug-likeness (QED) is 0.606. The van der Waals surface area contributed by atoms with E-state index in [0.29, 0.717) is 17.8 Å². The minimum atomic E-state index is 0.607. The van der Waals surface area contributed by atoms with Gasteiger partial charge in [0.1, 0.15) is 0 Å². The van der Waals surface area contributed by atoms with Crippen LogP contribution in [0.5, 0.6) is 0 Å². The Kier molecular flexibility index (Phi) is 7.63. The minimum absolute atomic E-state index is 0.607. The second-order valence-corrected chi connectivity index (χ2v) is 7.25. The van der Waals surface area contributed by atoms with Gasteiger partial charge in [0.15, 0.2) is 0 Å². The summed E-state index contributed by atoms with van der Waals surface area (Å²) in [6, 6.07) is 4.35. The highest BCUT2D eigenvalue weighted by Crippen LogP contribution is 2.14. The molecule has 118 valence electrons. The van der Waals surface area contributed by atoms with Gasteiger partial charge in [-0.15, -0.1) is 0 Å². The lowest BCUT2D eigenvalue weighted by Crippen LogP contribution is -2.08. The predicted octanol–water partition coefficient (Wildman–Crippen LogP) is 5.16. The highest BCUT2D eigenvalue weighted by molar-refractivity contribution is 6.00. The van der Waals surface area contributed by atoms with Gasteiger partial charge in [-0.1, -0.05) is 41.5 Å². The molecular weight excluding hydrogens is 256 g/mol. The summed E-state index contributed by atoms with van der Waals surface area (Å²) in [4.78, 5) is 9.37. The van der Waals surface area contributed by atoms with Crippen molar-refractivity contribution >= 4 is 5.71 Å². The molecule has 1 rings (SSSR count). The maximum atomic E-state index is 4.87. The van der Waals surface area contributed by atoms with E-state index in [4.69, 9.17) is 4.99 Å². The van der Waals surface area contributed by atoms with E-state index in [9.17, 15) is 0 Å². The molecule has 0 aliphatic rings. The lowest BCUT2D eigenvalue weighted by atomic mass is 9.99. The van der Waals surface area contributed by atoms with Gasteiger partial charge in [0.25, 0.3) is 0 Å². The van der Waals surface area contributed by atoms with Crippen molar-refractivity contribution in [3.05, 3.63) is 29.6 Å². The van der Waals surface area contributed by atoms with Crippen LogP contribution in [0, 0.1) is 17.8 Å². The molecule has 0 aliphatic heterocycles. The van der Waals surface area contributed by atoms with Gasteiger partial charge in [-0.3, -0.25) is 9.98 Å². The summed E-state index contributed by atoms with van der Waals surface area (Å²) in [7, 11) is 0. The summed E-state index contributed by atoms with van der Waals surface area (Å²) in [5.74, 6) is 1.96. The molecule has 0 N–H and O–H groups in total. The first kappa shape index (κ1) is 17.9. The van der Waals surface area contributed by atoms with Crippen molar-refractivity contribution in [1.29, 1.82) is 0 Å². The molecule has 0 radical (unpaired) electrons. The van der Waals surface area contributed by atoms with Crippen molar-refractivity contribution in [3.8, 4) is 0 Å². The number of aromatic nitrogens is 1. The number of aliphatic imine (C=N–C) groups is 1. The zero-order valence-corrected chi connectivity index (χ0v) is 14.7. The van der Waals surface area contributed by atoms with Crippen LogP contribution >= 0.6 is 0 Å². The second kappa shape index (κ2) is 8.96. The topological polar surface area (TPSA) is 25.2 Å². The van der Waals surface area contributed by atoms with Crippen LogP contribution < -0.4 is 0 Å². The molecule has 0 amide bonds. The van der Waals surface area contributed by atoms with Crippen LogP contribution in [0.2, 0.25) is 0 Å². The van der Waals surface area contributed by atoms with E-state index in [2.05, 4.69) is 58.7 Å². The zero-order chi connectivity index (χ0) is 15.8. The number of hydrogen-bond acceptors (Lipinski definition) is 2. The number of pyridine rings is 1. The Morgan fingerprint density at radius 3 is 2.33 bits per heavy atom. The summed E-state index contributed by atoms with van der Waals surface area (Å²) in [6.45, 7) is 14.4. The molecule has 1 aromatic heterocycles. The van der Waals surface area contributed by atoms with E-state index in [-0.39, 0.29) is 0 Å². The number of rotatable bonds is 8. The highest BCUT2D eigenvalue weighted by atomic mass is 14.7. The van der Waals surface area contributed by atoms with Crippen LogP contribution in [0.3, 0.4) is 0 Å². The lowest BCUT2D eigenvalue weighted by molar-refractivity contribution is 0.600. The molecule has 0 unspecified atom stereocenters. The van der Waals surface area contributed by atoms with Gasteiger partial charge < -0.3 is 0 Å². The zero-order valence-electron chi connectivity index (χ0n) is 14.7. The van der Waals surface area contributed by atoms with Gasteiger partial charge >= 0.3 is 0 Å². The van der Waals surface area contributed by atoms with Crippen molar-refractivity contribution < 1.29 is 0 Å². The van der Waals surface area contributed by atoms with E-state index in [1.165, 1.54) is 23.4 Å². The van der Waals surface area contributed by atoms with Crippen molar-refractivity contribution in [2.24, 2.45) is 22.7 Å². The molecule has 0 atom stereocenters. The van der Waals surface area contributed by atoms with Crippen molar-refractivity contribution in [2.75, 3.05) is 6.54 Å². The van der Waals surface area contributed by atoms with E-state index in [1.807, 2.05) is 6.20 Å². The SMILES string of the molecule is CC(C)CCC(=NCC(C)C)c1ccnc(CC(C)C)c1. The molecule has 0 aromatic carbocycles. The van der Waals surface area contributed by atoms with Crippen LogP contribution in [0.1, 0.15) is 65.6 Å². The first-order chi connectivity index (χ1) is 9.88.